The average Bonchev–Trinajstić information content (AvgIpc) is 2.39. The Kier molecular flexibility index (Phi) is 7.09. The maximum Gasteiger partial charge on any atom is 0.338 e. The molecule has 0 aliphatic carbocycles. The van der Waals surface area contributed by atoms with Gasteiger partial charge in [-0.2, -0.15) is 0 Å². The van der Waals surface area contributed by atoms with Crippen LogP contribution in [0.4, 0.5) is 5.69 Å². The topological polar surface area (TPSA) is 55.4 Å². The highest BCUT2D eigenvalue weighted by atomic mass is 35.5. The Morgan fingerprint density at radius 1 is 1.20 bits per heavy atom. The fourth-order valence-corrected chi connectivity index (χ4v) is 1.76. The van der Waals surface area contributed by atoms with Gasteiger partial charge in [0.15, 0.2) is 0 Å². The van der Waals surface area contributed by atoms with Gasteiger partial charge in [-0.3, -0.25) is 4.79 Å². The second-order valence-corrected chi connectivity index (χ2v) is 5.10. The van der Waals surface area contributed by atoms with Crippen molar-refractivity contribution in [3.8, 4) is 0 Å². The Labute approximate surface area is 124 Å². The van der Waals surface area contributed by atoms with Gasteiger partial charge >= 0.3 is 5.97 Å². The van der Waals surface area contributed by atoms with Crippen LogP contribution in [0.25, 0.3) is 0 Å². The zero-order valence-electron chi connectivity index (χ0n) is 11.8. The van der Waals surface area contributed by atoms with E-state index in [9.17, 15) is 9.59 Å². The Balaban J connectivity index is 2.50. The summed E-state index contributed by atoms with van der Waals surface area (Å²) in [6, 6.07) is 6.66. The van der Waals surface area contributed by atoms with Crippen molar-refractivity contribution >= 4 is 29.2 Å². The van der Waals surface area contributed by atoms with Gasteiger partial charge in [0.2, 0.25) is 5.91 Å². The van der Waals surface area contributed by atoms with Crippen molar-refractivity contribution in [1.82, 2.24) is 0 Å². The highest BCUT2D eigenvalue weighted by molar-refractivity contribution is 6.17. The molecule has 4 nitrogen and oxygen atoms in total. The van der Waals surface area contributed by atoms with Crippen molar-refractivity contribution < 1.29 is 14.3 Å². The van der Waals surface area contributed by atoms with E-state index in [0.717, 1.165) is 12.8 Å². The van der Waals surface area contributed by atoms with Crippen LogP contribution >= 0.6 is 11.6 Å². The number of ether oxygens (including phenoxy) is 1. The molecule has 0 bridgehead atoms. The standard InChI is InChI=1S/C15H20ClNO3/c1-11(2)20-15(19)12-6-8-13(9-7-12)17-14(18)5-3-4-10-16/h6-9,11H,3-5,10H2,1-2H3,(H,17,18). The lowest BCUT2D eigenvalue weighted by molar-refractivity contribution is -0.116. The monoisotopic (exact) mass is 297 g/mol. The summed E-state index contributed by atoms with van der Waals surface area (Å²) in [4.78, 5) is 23.2. The summed E-state index contributed by atoms with van der Waals surface area (Å²) in [5, 5.41) is 2.77. The average molecular weight is 298 g/mol. The molecule has 20 heavy (non-hydrogen) atoms. The lowest BCUT2D eigenvalue weighted by Gasteiger charge is -2.09. The number of esters is 1. The maximum atomic E-state index is 11.6. The maximum absolute atomic E-state index is 11.6. The van der Waals surface area contributed by atoms with E-state index in [1.165, 1.54) is 0 Å². The van der Waals surface area contributed by atoms with Gasteiger partial charge in [0.25, 0.3) is 0 Å². The molecule has 0 aliphatic heterocycles. The Bertz CT molecular complexity index is 443. The van der Waals surface area contributed by atoms with Crippen LogP contribution in [0.2, 0.25) is 0 Å². The summed E-state index contributed by atoms with van der Waals surface area (Å²) in [5.41, 5.74) is 1.14. The summed E-state index contributed by atoms with van der Waals surface area (Å²) in [5.74, 6) is 0.160. The number of hydrogen-bond donors (Lipinski definition) is 1. The molecule has 110 valence electrons. The van der Waals surface area contributed by atoms with Crippen LogP contribution in [0.3, 0.4) is 0 Å². The molecule has 0 unspecified atom stereocenters. The van der Waals surface area contributed by atoms with Crippen LogP contribution in [-0.4, -0.2) is 23.9 Å². The minimum atomic E-state index is -0.361. The molecule has 0 heterocycles. The van der Waals surface area contributed by atoms with Crippen LogP contribution in [-0.2, 0) is 9.53 Å². The van der Waals surface area contributed by atoms with Crippen LogP contribution in [0, 0.1) is 0 Å². The SMILES string of the molecule is CC(C)OC(=O)c1ccc(NC(=O)CCCCCl)cc1. The Morgan fingerprint density at radius 3 is 2.40 bits per heavy atom. The molecule has 1 N–H and O–H groups in total. The first-order valence-electron chi connectivity index (χ1n) is 6.69. The molecule has 0 spiro atoms. The quantitative estimate of drug-likeness (QED) is 0.475. The third-order valence-corrected chi connectivity index (χ3v) is 2.80. The molecule has 5 heteroatoms. The zero-order valence-corrected chi connectivity index (χ0v) is 12.6. The molecule has 1 aromatic carbocycles. The van der Waals surface area contributed by atoms with Gasteiger partial charge in [0.1, 0.15) is 0 Å². The third kappa shape index (κ3) is 6.06. The van der Waals surface area contributed by atoms with Crippen LogP contribution in [0.1, 0.15) is 43.5 Å². The highest BCUT2D eigenvalue weighted by Crippen LogP contribution is 2.12. The van der Waals surface area contributed by atoms with Gasteiger partial charge in [0, 0.05) is 18.0 Å². The van der Waals surface area contributed by atoms with Crippen molar-refractivity contribution in [2.45, 2.75) is 39.2 Å². The number of benzene rings is 1. The van der Waals surface area contributed by atoms with E-state index in [2.05, 4.69) is 5.32 Å². The van der Waals surface area contributed by atoms with Gasteiger partial charge in [0.05, 0.1) is 11.7 Å². The van der Waals surface area contributed by atoms with E-state index in [0.29, 0.717) is 23.6 Å². The molecule has 0 aromatic heterocycles. The summed E-state index contributed by atoms with van der Waals surface area (Å²) in [7, 11) is 0. The van der Waals surface area contributed by atoms with Crippen molar-refractivity contribution in [1.29, 1.82) is 0 Å². The fraction of sp³-hybridized carbons (Fsp3) is 0.467. The molecule has 1 amide bonds. The van der Waals surface area contributed by atoms with Crippen LogP contribution < -0.4 is 5.32 Å². The van der Waals surface area contributed by atoms with Crippen molar-refractivity contribution in [3.05, 3.63) is 29.8 Å². The summed E-state index contributed by atoms with van der Waals surface area (Å²) in [6.45, 7) is 3.60. The number of rotatable bonds is 7. The number of halogens is 1. The van der Waals surface area contributed by atoms with E-state index < -0.39 is 0 Å². The molecule has 1 aromatic rings. The number of anilines is 1. The number of hydrogen-bond acceptors (Lipinski definition) is 3. The van der Waals surface area contributed by atoms with Gasteiger partial charge in [-0.1, -0.05) is 0 Å². The number of alkyl halides is 1. The summed E-state index contributed by atoms with van der Waals surface area (Å²) < 4.78 is 5.08. The van der Waals surface area contributed by atoms with Gasteiger partial charge in [-0.25, -0.2) is 4.79 Å². The lowest BCUT2D eigenvalue weighted by Crippen LogP contribution is -2.13. The fourth-order valence-electron chi connectivity index (χ4n) is 1.58. The highest BCUT2D eigenvalue weighted by Gasteiger charge is 2.09. The predicted octanol–water partition coefficient (Wildman–Crippen LogP) is 3.60. The van der Waals surface area contributed by atoms with E-state index in [-0.39, 0.29) is 18.0 Å². The van der Waals surface area contributed by atoms with E-state index >= 15 is 0 Å². The molecular formula is C15H20ClNO3. The van der Waals surface area contributed by atoms with Crippen LogP contribution in [0.15, 0.2) is 24.3 Å². The zero-order chi connectivity index (χ0) is 15.0. The molecule has 0 saturated heterocycles. The minimum Gasteiger partial charge on any atom is -0.459 e. The second-order valence-electron chi connectivity index (χ2n) is 4.73. The summed E-state index contributed by atoms with van der Waals surface area (Å²) in [6.07, 6.45) is 1.90. The molecule has 1 rings (SSSR count). The molecular weight excluding hydrogens is 278 g/mol. The van der Waals surface area contributed by atoms with E-state index in [4.69, 9.17) is 16.3 Å². The van der Waals surface area contributed by atoms with E-state index in [1.54, 1.807) is 38.1 Å². The van der Waals surface area contributed by atoms with E-state index in [1.807, 2.05) is 0 Å². The van der Waals surface area contributed by atoms with Gasteiger partial charge in [-0.05, 0) is 51.0 Å². The normalized spacial score (nSPS) is 10.4. The smallest absolute Gasteiger partial charge is 0.338 e. The lowest BCUT2D eigenvalue weighted by atomic mass is 10.2. The van der Waals surface area contributed by atoms with Gasteiger partial charge < -0.3 is 10.1 Å². The number of amides is 1. The predicted molar refractivity (Wildman–Crippen MR) is 80.2 cm³/mol. The van der Waals surface area contributed by atoms with Crippen molar-refractivity contribution in [3.63, 3.8) is 0 Å². The molecule has 0 radical (unpaired) electrons. The first-order valence-corrected chi connectivity index (χ1v) is 7.23. The number of nitrogens with one attached hydrogen (secondary N) is 1. The number of carbonyl (C=O) groups excluding carboxylic acids is 2. The molecule has 0 atom stereocenters. The van der Waals surface area contributed by atoms with Crippen molar-refractivity contribution in [2.24, 2.45) is 0 Å². The van der Waals surface area contributed by atoms with Crippen LogP contribution in [0.5, 0.6) is 0 Å². The molecule has 0 aliphatic rings. The molecule has 0 saturated carbocycles. The first kappa shape index (κ1) is 16.5. The third-order valence-electron chi connectivity index (χ3n) is 2.53. The first-order chi connectivity index (χ1) is 9.52. The largest absolute Gasteiger partial charge is 0.459 e. The number of carbonyl (C=O) groups is 2. The summed E-state index contributed by atoms with van der Waals surface area (Å²) >= 11 is 5.55. The Morgan fingerprint density at radius 2 is 1.85 bits per heavy atom. The number of unbranched alkanes of at least 4 members (excludes halogenated alkanes) is 1. The second kappa shape index (κ2) is 8.59. The molecule has 0 fully saturated rings. The van der Waals surface area contributed by atoms with Gasteiger partial charge in [-0.15, -0.1) is 11.6 Å². The van der Waals surface area contributed by atoms with Crippen molar-refractivity contribution in [2.75, 3.05) is 11.2 Å². The minimum absolute atomic E-state index is 0.0485. The Hall–Kier alpha value is -1.55.